The second kappa shape index (κ2) is 6.61. The van der Waals surface area contributed by atoms with Crippen LogP contribution in [0.25, 0.3) is 0 Å². The van der Waals surface area contributed by atoms with Gasteiger partial charge < -0.3 is 4.74 Å². The van der Waals surface area contributed by atoms with E-state index in [0.717, 1.165) is 37.9 Å². The zero-order valence-electron chi connectivity index (χ0n) is 14.5. The molecule has 4 heteroatoms. The number of likely N-dealkylation sites (tertiary alicyclic amines) is 1. The number of aryl methyl sites for hydroxylation is 2. The number of piperidine rings is 1. The molecule has 1 aromatic heterocycles. The molecule has 0 aliphatic carbocycles. The Bertz CT molecular complexity index is 458. The summed E-state index contributed by atoms with van der Waals surface area (Å²) in [7, 11) is 0. The molecule has 4 nitrogen and oxygen atoms in total. The fourth-order valence-electron chi connectivity index (χ4n) is 3.76. The summed E-state index contributed by atoms with van der Waals surface area (Å²) < 4.78 is 8.00. The molecule has 0 saturated carbocycles. The van der Waals surface area contributed by atoms with Crippen molar-refractivity contribution < 1.29 is 4.74 Å². The summed E-state index contributed by atoms with van der Waals surface area (Å²) in [5.41, 5.74) is 1.80. The van der Waals surface area contributed by atoms with E-state index in [1.807, 2.05) is 0 Å². The van der Waals surface area contributed by atoms with Crippen molar-refractivity contribution >= 4 is 0 Å². The Balaban J connectivity index is 1.40. The van der Waals surface area contributed by atoms with E-state index in [0.29, 0.717) is 5.41 Å². The number of fused-ring (bicyclic) bond motifs is 1. The van der Waals surface area contributed by atoms with E-state index in [1.165, 1.54) is 44.5 Å². The molecule has 0 amide bonds. The molecule has 3 heterocycles. The summed E-state index contributed by atoms with van der Waals surface area (Å²) >= 11 is 0. The standard InChI is InChI=1S/C18H31N3O/c1-18(2,3)15-7-10-20(11-8-15)12-13-22-17-14-16-6-4-5-9-21(16)19-17/h14-15H,4-13H2,1-3H3. The average molecular weight is 305 g/mol. The lowest BCUT2D eigenvalue weighted by Gasteiger charge is -2.38. The van der Waals surface area contributed by atoms with Gasteiger partial charge in [-0.05, 0) is 56.5 Å². The molecular formula is C18H31N3O. The van der Waals surface area contributed by atoms with Gasteiger partial charge in [0.1, 0.15) is 6.61 Å². The summed E-state index contributed by atoms with van der Waals surface area (Å²) in [5, 5.41) is 4.55. The lowest BCUT2D eigenvalue weighted by Crippen LogP contribution is -2.39. The molecule has 0 aromatic carbocycles. The van der Waals surface area contributed by atoms with Gasteiger partial charge in [0, 0.05) is 24.8 Å². The van der Waals surface area contributed by atoms with Crippen LogP contribution in [0.5, 0.6) is 5.88 Å². The van der Waals surface area contributed by atoms with E-state index in [4.69, 9.17) is 4.74 Å². The first-order chi connectivity index (χ1) is 10.5. The highest BCUT2D eigenvalue weighted by Gasteiger charge is 2.28. The molecule has 22 heavy (non-hydrogen) atoms. The molecule has 0 radical (unpaired) electrons. The predicted octanol–water partition coefficient (Wildman–Crippen LogP) is 3.36. The van der Waals surface area contributed by atoms with Crippen LogP contribution in [-0.2, 0) is 13.0 Å². The van der Waals surface area contributed by atoms with Crippen LogP contribution in [0.15, 0.2) is 6.07 Å². The number of rotatable bonds is 4. The molecule has 2 aliphatic heterocycles. The summed E-state index contributed by atoms with van der Waals surface area (Å²) in [6.45, 7) is 12.4. The van der Waals surface area contributed by atoms with Gasteiger partial charge in [-0.3, -0.25) is 9.58 Å². The van der Waals surface area contributed by atoms with Crippen LogP contribution in [0.4, 0.5) is 0 Å². The second-order valence-corrected chi connectivity index (χ2v) is 7.98. The number of hydrogen-bond acceptors (Lipinski definition) is 3. The zero-order chi connectivity index (χ0) is 15.6. The van der Waals surface area contributed by atoms with E-state index >= 15 is 0 Å². The Morgan fingerprint density at radius 1 is 1.18 bits per heavy atom. The van der Waals surface area contributed by atoms with Crippen LogP contribution in [0.2, 0.25) is 0 Å². The highest BCUT2D eigenvalue weighted by atomic mass is 16.5. The van der Waals surface area contributed by atoms with E-state index in [-0.39, 0.29) is 0 Å². The molecule has 3 rings (SSSR count). The fraction of sp³-hybridized carbons (Fsp3) is 0.833. The van der Waals surface area contributed by atoms with Gasteiger partial charge in [0.05, 0.1) is 0 Å². The largest absolute Gasteiger partial charge is 0.475 e. The maximum Gasteiger partial charge on any atom is 0.233 e. The van der Waals surface area contributed by atoms with Gasteiger partial charge in [-0.2, -0.15) is 0 Å². The number of nitrogens with zero attached hydrogens (tertiary/aromatic N) is 3. The van der Waals surface area contributed by atoms with Crippen LogP contribution in [0.3, 0.4) is 0 Å². The molecule has 0 atom stereocenters. The lowest BCUT2D eigenvalue weighted by atomic mass is 9.75. The normalized spacial score (nSPS) is 20.9. The van der Waals surface area contributed by atoms with Gasteiger partial charge >= 0.3 is 0 Å². The SMILES string of the molecule is CC(C)(C)C1CCN(CCOc2cc3n(n2)CCCC3)CC1. The third kappa shape index (κ3) is 3.83. The summed E-state index contributed by atoms with van der Waals surface area (Å²) in [6.07, 6.45) is 6.33. The van der Waals surface area contributed by atoms with E-state index < -0.39 is 0 Å². The predicted molar refractivity (Wildman–Crippen MR) is 89.3 cm³/mol. The lowest BCUT2D eigenvalue weighted by molar-refractivity contribution is 0.100. The Kier molecular flexibility index (Phi) is 4.76. The van der Waals surface area contributed by atoms with Gasteiger partial charge in [0.15, 0.2) is 0 Å². The topological polar surface area (TPSA) is 30.3 Å². The van der Waals surface area contributed by atoms with Gasteiger partial charge in [-0.15, -0.1) is 5.10 Å². The van der Waals surface area contributed by atoms with Crippen molar-refractivity contribution in [2.24, 2.45) is 11.3 Å². The van der Waals surface area contributed by atoms with Crippen LogP contribution in [0.1, 0.15) is 52.1 Å². The molecule has 0 bridgehead atoms. The molecule has 1 aromatic rings. The smallest absolute Gasteiger partial charge is 0.233 e. The van der Waals surface area contributed by atoms with Gasteiger partial charge in [-0.1, -0.05) is 20.8 Å². The maximum absolute atomic E-state index is 5.88. The molecule has 0 N–H and O–H groups in total. The molecular weight excluding hydrogens is 274 g/mol. The van der Waals surface area contributed by atoms with Crippen molar-refractivity contribution in [1.29, 1.82) is 0 Å². The van der Waals surface area contributed by atoms with Crippen LogP contribution in [0, 0.1) is 11.3 Å². The minimum atomic E-state index is 0.456. The van der Waals surface area contributed by atoms with Crippen molar-refractivity contribution in [3.63, 3.8) is 0 Å². The minimum absolute atomic E-state index is 0.456. The number of hydrogen-bond donors (Lipinski definition) is 0. The van der Waals surface area contributed by atoms with E-state index in [2.05, 4.69) is 41.5 Å². The average Bonchev–Trinajstić information content (AvgIpc) is 2.89. The van der Waals surface area contributed by atoms with Crippen molar-refractivity contribution in [3.8, 4) is 5.88 Å². The highest BCUT2D eigenvalue weighted by molar-refractivity contribution is 5.16. The second-order valence-electron chi connectivity index (χ2n) is 7.98. The molecule has 1 saturated heterocycles. The van der Waals surface area contributed by atoms with Crippen molar-refractivity contribution in [3.05, 3.63) is 11.8 Å². The molecule has 2 aliphatic rings. The summed E-state index contributed by atoms with van der Waals surface area (Å²) in [6, 6.07) is 2.13. The quantitative estimate of drug-likeness (QED) is 0.854. The first kappa shape index (κ1) is 15.9. The minimum Gasteiger partial charge on any atom is -0.475 e. The van der Waals surface area contributed by atoms with Gasteiger partial charge in [-0.25, -0.2) is 0 Å². The number of ether oxygens (including phenoxy) is 1. The third-order valence-electron chi connectivity index (χ3n) is 5.36. The Morgan fingerprint density at radius 3 is 2.64 bits per heavy atom. The van der Waals surface area contributed by atoms with Crippen LogP contribution >= 0.6 is 0 Å². The van der Waals surface area contributed by atoms with Crippen molar-refractivity contribution in [2.45, 2.75) is 59.4 Å². The molecule has 124 valence electrons. The Hall–Kier alpha value is -1.03. The Morgan fingerprint density at radius 2 is 1.95 bits per heavy atom. The van der Waals surface area contributed by atoms with Gasteiger partial charge in [0.25, 0.3) is 0 Å². The molecule has 0 spiro atoms. The molecule has 1 fully saturated rings. The van der Waals surface area contributed by atoms with E-state index in [9.17, 15) is 0 Å². The van der Waals surface area contributed by atoms with E-state index in [1.54, 1.807) is 0 Å². The van der Waals surface area contributed by atoms with Crippen molar-refractivity contribution in [1.82, 2.24) is 14.7 Å². The zero-order valence-corrected chi connectivity index (χ0v) is 14.5. The monoisotopic (exact) mass is 305 g/mol. The highest BCUT2D eigenvalue weighted by Crippen LogP contribution is 2.34. The molecule has 0 unspecified atom stereocenters. The maximum atomic E-state index is 5.88. The van der Waals surface area contributed by atoms with Crippen LogP contribution in [-0.4, -0.2) is 40.9 Å². The fourth-order valence-corrected chi connectivity index (χ4v) is 3.76. The first-order valence-corrected chi connectivity index (χ1v) is 8.94. The van der Waals surface area contributed by atoms with Crippen LogP contribution < -0.4 is 4.74 Å². The van der Waals surface area contributed by atoms with Crippen molar-refractivity contribution in [2.75, 3.05) is 26.2 Å². The first-order valence-electron chi connectivity index (χ1n) is 8.94. The number of aromatic nitrogens is 2. The third-order valence-corrected chi connectivity index (χ3v) is 5.36. The van der Waals surface area contributed by atoms with Gasteiger partial charge in [0.2, 0.25) is 5.88 Å². The summed E-state index contributed by atoms with van der Waals surface area (Å²) in [5.74, 6) is 1.69. The summed E-state index contributed by atoms with van der Waals surface area (Å²) in [4.78, 5) is 2.54. The Labute approximate surface area is 134 Å².